The van der Waals surface area contributed by atoms with Gasteiger partial charge in [-0.3, -0.25) is 10.1 Å². The lowest BCUT2D eigenvalue weighted by Gasteiger charge is -2.24. The summed E-state index contributed by atoms with van der Waals surface area (Å²) in [6, 6.07) is 11.4. The lowest BCUT2D eigenvalue weighted by molar-refractivity contribution is -0.151. The highest BCUT2D eigenvalue weighted by atomic mass is 35.5. The van der Waals surface area contributed by atoms with E-state index >= 15 is 0 Å². The molecule has 166 valence electrons. The Balaban J connectivity index is 1.47. The second kappa shape index (κ2) is 9.32. The summed E-state index contributed by atoms with van der Waals surface area (Å²) in [7, 11) is 0. The lowest BCUT2D eigenvalue weighted by atomic mass is 9.97. The summed E-state index contributed by atoms with van der Waals surface area (Å²) < 4.78 is 21.2. The molecule has 1 N–H and O–H groups in total. The van der Waals surface area contributed by atoms with E-state index in [0.29, 0.717) is 33.8 Å². The van der Waals surface area contributed by atoms with Crippen molar-refractivity contribution in [3.05, 3.63) is 69.0 Å². The predicted octanol–water partition coefficient (Wildman–Crippen LogP) is 4.31. The van der Waals surface area contributed by atoms with Gasteiger partial charge in [-0.1, -0.05) is 11.6 Å². The number of amides is 1. The summed E-state index contributed by atoms with van der Waals surface area (Å²) in [4.78, 5) is 36.2. The Bertz CT molecular complexity index is 1240. The first-order chi connectivity index (χ1) is 15.4. The van der Waals surface area contributed by atoms with E-state index in [2.05, 4.69) is 5.32 Å². The number of benzene rings is 2. The monoisotopic (exact) mass is 457 g/mol. The van der Waals surface area contributed by atoms with Crippen LogP contribution in [0.5, 0.6) is 5.75 Å². The first-order valence-electron chi connectivity index (χ1n) is 10.0. The molecule has 8 nitrogen and oxygen atoms in total. The number of anilines is 1. The van der Waals surface area contributed by atoms with Crippen LogP contribution in [0.15, 0.2) is 51.7 Å². The molecule has 2 heterocycles. The van der Waals surface area contributed by atoms with Crippen molar-refractivity contribution in [3.63, 3.8) is 0 Å². The molecule has 4 rings (SSSR count). The first-order valence-corrected chi connectivity index (χ1v) is 10.4. The van der Waals surface area contributed by atoms with Crippen molar-refractivity contribution in [2.24, 2.45) is 5.92 Å². The molecule has 0 saturated heterocycles. The second-order valence-corrected chi connectivity index (χ2v) is 7.66. The maximum atomic E-state index is 12.6. The smallest absolute Gasteiger partial charge is 0.411 e. The molecule has 9 heteroatoms. The largest absolute Gasteiger partial charge is 0.492 e. The van der Waals surface area contributed by atoms with Crippen molar-refractivity contribution in [1.82, 2.24) is 0 Å². The van der Waals surface area contributed by atoms with Crippen molar-refractivity contribution < 1.29 is 28.2 Å². The molecule has 1 unspecified atom stereocenters. The average molecular weight is 458 g/mol. The molecular formula is C23H20ClNO7. The van der Waals surface area contributed by atoms with Crippen molar-refractivity contribution in [3.8, 4) is 5.75 Å². The number of fused-ring (bicyclic) bond motifs is 2. The second-order valence-electron chi connectivity index (χ2n) is 7.22. The Hall–Kier alpha value is -3.52. The van der Waals surface area contributed by atoms with E-state index in [-0.39, 0.29) is 25.4 Å². The van der Waals surface area contributed by atoms with Crippen LogP contribution in [0.2, 0.25) is 5.02 Å². The standard InChI is InChI=1S/C23H20ClNO7/c1-2-29-23(28)25-17-4-5-18-14(9-21(26)32-20(18)10-17)11-31-22(27)15-7-13-8-16(24)3-6-19(13)30-12-15/h3-6,8-10,15H,2,7,11-12H2,1H3,(H,25,28). The minimum Gasteiger partial charge on any atom is -0.492 e. The normalized spacial score (nSPS) is 14.9. The number of rotatable bonds is 5. The minimum absolute atomic E-state index is 0.107. The minimum atomic E-state index is -0.614. The van der Waals surface area contributed by atoms with E-state index in [1.807, 2.05) is 0 Å². The average Bonchev–Trinajstić information content (AvgIpc) is 2.76. The van der Waals surface area contributed by atoms with Gasteiger partial charge in [0.1, 0.15) is 24.5 Å². The number of halogens is 1. The quantitative estimate of drug-likeness (QED) is 0.449. The fourth-order valence-electron chi connectivity index (χ4n) is 3.49. The Kier molecular flexibility index (Phi) is 6.32. The van der Waals surface area contributed by atoms with Crippen LogP contribution >= 0.6 is 11.6 Å². The van der Waals surface area contributed by atoms with Crippen LogP contribution in [0.1, 0.15) is 18.1 Å². The van der Waals surface area contributed by atoms with Crippen LogP contribution in [-0.4, -0.2) is 25.3 Å². The van der Waals surface area contributed by atoms with Crippen LogP contribution in [0, 0.1) is 5.92 Å². The zero-order valence-corrected chi connectivity index (χ0v) is 17.9. The van der Waals surface area contributed by atoms with E-state index in [1.165, 1.54) is 12.1 Å². The van der Waals surface area contributed by atoms with E-state index in [9.17, 15) is 14.4 Å². The highest BCUT2D eigenvalue weighted by Gasteiger charge is 2.27. The number of ether oxygens (including phenoxy) is 3. The lowest BCUT2D eigenvalue weighted by Crippen LogP contribution is -2.29. The number of hydrogen-bond donors (Lipinski definition) is 1. The third kappa shape index (κ3) is 4.86. The van der Waals surface area contributed by atoms with Gasteiger partial charge < -0.3 is 18.6 Å². The number of esters is 1. The molecule has 1 amide bonds. The molecular weight excluding hydrogens is 438 g/mol. The molecule has 1 aliphatic heterocycles. The van der Waals surface area contributed by atoms with Crippen LogP contribution in [-0.2, 0) is 27.3 Å². The van der Waals surface area contributed by atoms with E-state index < -0.39 is 23.6 Å². The number of carbonyl (C=O) groups excluding carboxylic acids is 2. The third-order valence-electron chi connectivity index (χ3n) is 4.98. The summed E-state index contributed by atoms with van der Waals surface area (Å²) in [6.45, 7) is 2.02. The molecule has 1 aliphatic rings. The Morgan fingerprint density at radius 1 is 1.16 bits per heavy atom. The van der Waals surface area contributed by atoms with E-state index in [1.54, 1.807) is 37.3 Å². The highest BCUT2D eigenvalue weighted by molar-refractivity contribution is 6.30. The fourth-order valence-corrected chi connectivity index (χ4v) is 3.69. The van der Waals surface area contributed by atoms with Gasteiger partial charge in [-0.25, -0.2) is 9.59 Å². The van der Waals surface area contributed by atoms with Gasteiger partial charge in [0.05, 0.1) is 12.5 Å². The zero-order chi connectivity index (χ0) is 22.7. The number of carbonyl (C=O) groups is 2. The van der Waals surface area contributed by atoms with Gasteiger partial charge in [0.15, 0.2) is 0 Å². The van der Waals surface area contributed by atoms with Crippen molar-refractivity contribution in [1.29, 1.82) is 0 Å². The molecule has 0 fully saturated rings. The number of hydrogen-bond acceptors (Lipinski definition) is 7. The molecule has 0 bridgehead atoms. The van der Waals surface area contributed by atoms with Gasteiger partial charge >= 0.3 is 17.7 Å². The van der Waals surface area contributed by atoms with Crippen LogP contribution in [0.25, 0.3) is 11.0 Å². The first kappa shape index (κ1) is 21.7. The van der Waals surface area contributed by atoms with Gasteiger partial charge in [-0.15, -0.1) is 0 Å². The summed E-state index contributed by atoms with van der Waals surface area (Å²) in [5, 5.41) is 3.70. The fraction of sp³-hybridized carbons (Fsp3) is 0.261. The Labute approximate surface area is 188 Å². The summed E-state index contributed by atoms with van der Waals surface area (Å²) in [6.07, 6.45) is -0.160. The van der Waals surface area contributed by atoms with Gasteiger partial charge in [0.2, 0.25) is 0 Å². The van der Waals surface area contributed by atoms with Gasteiger partial charge in [-0.05, 0) is 49.2 Å². The molecule has 0 radical (unpaired) electrons. The van der Waals surface area contributed by atoms with E-state index in [4.69, 9.17) is 30.2 Å². The zero-order valence-electron chi connectivity index (χ0n) is 17.2. The van der Waals surface area contributed by atoms with Gasteiger partial charge in [0.25, 0.3) is 0 Å². The summed E-state index contributed by atoms with van der Waals surface area (Å²) in [5.74, 6) is -0.206. The summed E-state index contributed by atoms with van der Waals surface area (Å²) >= 11 is 6.03. The van der Waals surface area contributed by atoms with Crippen LogP contribution in [0.4, 0.5) is 10.5 Å². The van der Waals surface area contributed by atoms with Crippen LogP contribution < -0.4 is 15.7 Å². The van der Waals surface area contributed by atoms with Crippen molar-refractivity contribution >= 4 is 40.3 Å². The maximum Gasteiger partial charge on any atom is 0.411 e. The van der Waals surface area contributed by atoms with Crippen molar-refractivity contribution in [2.75, 3.05) is 18.5 Å². The third-order valence-corrected chi connectivity index (χ3v) is 5.22. The molecule has 1 aromatic heterocycles. The SMILES string of the molecule is CCOC(=O)Nc1ccc2c(COC(=O)C3COc4ccc(Cl)cc4C3)cc(=O)oc2c1. The topological polar surface area (TPSA) is 104 Å². The van der Waals surface area contributed by atoms with Crippen molar-refractivity contribution in [2.45, 2.75) is 20.0 Å². The molecule has 3 aromatic rings. The Morgan fingerprint density at radius 3 is 2.81 bits per heavy atom. The molecule has 0 spiro atoms. The Morgan fingerprint density at radius 2 is 2.00 bits per heavy atom. The highest BCUT2D eigenvalue weighted by Crippen LogP contribution is 2.30. The molecule has 1 atom stereocenters. The predicted molar refractivity (Wildman–Crippen MR) is 117 cm³/mol. The molecule has 32 heavy (non-hydrogen) atoms. The maximum absolute atomic E-state index is 12.6. The van der Waals surface area contributed by atoms with E-state index in [0.717, 1.165) is 5.56 Å². The molecule has 0 aliphatic carbocycles. The molecule has 0 saturated carbocycles. The molecule has 2 aromatic carbocycles. The number of nitrogens with one attached hydrogen (secondary N) is 1. The summed E-state index contributed by atoms with van der Waals surface area (Å²) in [5.41, 5.74) is 1.40. The van der Waals surface area contributed by atoms with Gasteiger partial charge in [-0.2, -0.15) is 0 Å². The van der Waals surface area contributed by atoms with Crippen LogP contribution in [0.3, 0.4) is 0 Å². The van der Waals surface area contributed by atoms with Gasteiger partial charge in [0, 0.05) is 33.8 Å².